The lowest BCUT2D eigenvalue weighted by Crippen LogP contribution is -2.54. The van der Waals surface area contributed by atoms with E-state index in [1.54, 1.807) is 30.0 Å². The Morgan fingerprint density at radius 1 is 0.846 bits per heavy atom. The molecule has 2 aromatic heterocycles. The van der Waals surface area contributed by atoms with Gasteiger partial charge in [0.1, 0.15) is 36.1 Å². The number of carbonyl (C=O) groups is 4. The average molecular weight is 895 g/mol. The van der Waals surface area contributed by atoms with Crippen LogP contribution in [0.15, 0.2) is 48.7 Å². The summed E-state index contributed by atoms with van der Waals surface area (Å²) >= 11 is 0. The fraction of sp³-hybridized carbons (Fsp3) is 0.489. The van der Waals surface area contributed by atoms with E-state index in [4.69, 9.17) is 38.4 Å². The fourth-order valence-corrected chi connectivity index (χ4v) is 9.72. The van der Waals surface area contributed by atoms with E-state index >= 15 is 0 Å². The number of amides is 4. The summed E-state index contributed by atoms with van der Waals surface area (Å²) in [7, 11) is 7.19. The van der Waals surface area contributed by atoms with E-state index in [-0.39, 0.29) is 29.7 Å². The third kappa shape index (κ3) is 8.81. The molecule has 3 aliphatic heterocycles. The lowest BCUT2D eigenvalue weighted by molar-refractivity contribution is -0.138. The van der Waals surface area contributed by atoms with Crippen molar-refractivity contribution < 1.29 is 47.6 Å². The standard InChI is InChI=1S/C47H58N8O10/c1-9-37(62-6)41(53-47(59)64-8)45(57)55-21-26(22-60-4)15-36(55)43-49-33-13-11-27-17-32-30-12-10-28(16-29(30)23-65-38(32)18-31(27)40(33)51-43)34-19-48-42(50-34)35-14-24(2)20-54(35)44(56)39(25(3)61-5)52-46(58)63-7/h10-13,16-19,24-26,35-37,39,41H,9,14-15,20-23H2,1-8H3,(H,48,50)(H,49,51)(H,52,58)(H,53,59)/t24-,25+,26-,35-,36-,37+,39-,41-/m0/s1. The Hall–Kier alpha value is -6.24. The van der Waals surface area contributed by atoms with Gasteiger partial charge in [0, 0.05) is 51.3 Å². The van der Waals surface area contributed by atoms with Crippen LogP contribution in [0.5, 0.6) is 5.75 Å². The van der Waals surface area contributed by atoms with Gasteiger partial charge in [-0.3, -0.25) is 9.59 Å². The molecule has 0 saturated carbocycles. The first-order valence-electron chi connectivity index (χ1n) is 22.0. The molecule has 4 N–H and O–H groups in total. The number of hydrogen-bond acceptors (Lipinski definition) is 12. The Labute approximate surface area is 377 Å². The lowest BCUT2D eigenvalue weighted by Gasteiger charge is -2.31. The van der Waals surface area contributed by atoms with Crippen molar-refractivity contribution in [1.29, 1.82) is 0 Å². The number of benzene rings is 3. The molecule has 346 valence electrons. The first kappa shape index (κ1) is 45.3. The molecule has 2 saturated heterocycles. The third-order valence-corrected chi connectivity index (χ3v) is 13.1. The van der Waals surface area contributed by atoms with Gasteiger partial charge >= 0.3 is 12.2 Å². The molecule has 3 aromatic carbocycles. The number of fused-ring (bicyclic) bond motifs is 6. The van der Waals surface area contributed by atoms with Crippen LogP contribution in [0.25, 0.3) is 44.2 Å². The van der Waals surface area contributed by atoms with E-state index in [0.29, 0.717) is 57.2 Å². The summed E-state index contributed by atoms with van der Waals surface area (Å²) in [5.41, 5.74) is 6.35. The Balaban J connectivity index is 1.05. The van der Waals surface area contributed by atoms with Crippen molar-refractivity contribution in [3.05, 3.63) is 65.9 Å². The van der Waals surface area contributed by atoms with Gasteiger partial charge in [0.15, 0.2) is 0 Å². The highest BCUT2D eigenvalue weighted by molar-refractivity contribution is 6.07. The fourth-order valence-electron chi connectivity index (χ4n) is 9.72. The van der Waals surface area contributed by atoms with Crippen LogP contribution >= 0.6 is 0 Å². The predicted octanol–water partition coefficient (Wildman–Crippen LogP) is 6.02. The number of alkyl carbamates (subject to hydrolysis) is 2. The highest BCUT2D eigenvalue weighted by atomic mass is 16.5. The van der Waals surface area contributed by atoms with Gasteiger partial charge in [-0.15, -0.1) is 0 Å². The number of hydrogen-bond donors (Lipinski definition) is 4. The van der Waals surface area contributed by atoms with Crippen molar-refractivity contribution >= 4 is 45.8 Å². The number of aromatic amines is 2. The first-order valence-corrected chi connectivity index (χ1v) is 22.0. The number of likely N-dealkylation sites (tertiary alicyclic amines) is 2. The number of nitrogens with zero attached hydrogens (tertiary/aromatic N) is 4. The molecule has 8 atom stereocenters. The predicted molar refractivity (Wildman–Crippen MR) is 240 cm³/mol. The molecule has 0 unspecified atom stereocenters. The van der Waals surface area contributed by atoms with Crippen LogP contribution in [0.1, 0.15) is 69.3 Å². The molecule has 18 nitrogen and oxygen atoms in total. The summed E-state index contributed by atoms with van der Waals surface area (Å²) in [6, 6.07) is 11.9. The maximum Gasteiger partial charge on any atom is 0.407 e. The second-order valence-corrected chi connectivity index (χ2v) is 17.3. The van der Waals surface area contributed by atoms with Crippen molar-refractivity contribution in [2.24, 2.45) is 11.8 Å². The minimum Gasteiger partial charge on any atom is -0.488 e. The topological polar surface area (TPSA) is 212 Å². The Morgan fingerprint density at radius 3 is 2.28 bits per heavy atom. The summed E-state index contributed by atoms with van der Waals surface area (Å²) in [6.45, 7) is 7.47. The summed E-state index contributed by atoms with van der Waals surface area (Å²) in [5, 5.41) is 7.28. The largest absolute Gasteiger partial charge is 0.488 e. The van der Waals surface area contributed by atoms with Crippen LogP contribution in [0.2, 0.25) is 0 Å². The van der Waals surface area contributed by atoms with Crippen LogP contribution < -0.4 is 15.4 Å². The van der Waals surface area contributed by atoms with E-state index in [0.717, 1.165) is 55.5 Å². The van der Waals surface area contributed by atoms with E-state index < -0.39 is 42.5 Å². The second kappa shape index (κ2) is 19.1. The van der Waals surface area contributed by atoms with Gasteiger partial charge in [-0.2, -0.15) is 0 Å². The summed E-state index contributed by atoms with van der Waals surface area (Å²) in [4.78, 5) is 73.1. The van der Waals surface area contributed by atoms with Crippen LogP contribution in [-0.2, 0) is 39.9 Å². The molecule has 5 heterocycles. The van der Waals surface area contributed by atoms with Gasteiger partial charge in [0.2, 0.25) is 11.8 Å². The van der Waals surface area contributed by atoms with Gasteiger partial charge in [0.25, 0.3) is 0 Å². The molecule has 2 fully saturated rings. The van der Waals surface area contributed by atoms with Gasteiger partial charge in [-0.25, -0.2) is 19.6 Å². The van der Waals surface area contributed by atoms with Crippen LogP contribution in [0, 0.1) is 11.8 Å². The summed E-state index contributed by atoms with van der Waals surface area (Å²) < 4.78 is 32.7. The summed E-state index contributed by atoms with van der Waals surface area (Å²) in [6.07, 6.45) is 1.04. The van der Waals surface area contributed by atoms with Gasteiger partial charge in [-0.05, 0) is 78.4 Å². The number of H-pyrrole nitrogens is 2. The molecule has 0 aliphatic carbocycles. The Bertz CT molecular complexity index is 2570. The highest BCUT2D eigenvalue weighted by Gasteiger charge is 2.44. The number of nitrogens with one attached hydrogen (secondary N) is 4. The van der Waals surface area contributed by atoms with E-state index in [1.165, 1.54) is 28.4 Å². The van der Waals surface area contributed by atoms with Gasteiger partial charge in [-0.1, -0.05) is 32.0 Å². The second-order valence-electron chi connectivity index (χ2n) is 17.3. The Morgan fingerprint density at radius 2 is 1.57 bits per heavy atom. The molecule has 0 bridgehead atoms. The average Bonchev–Trinajstić information content (AvgIpc) is 4.15. The molecule has 5 aromatic rings. The number of ether oxygens (including phenoxy) is 6. The highest BCUT2D eigenvalue weighted by Crippen LogP contribution is 2.44. The van der Waals surface area contributed by atoms with Gasteiger partial charge in [0.05, 0.1) is 68.0 Å². The SMILES string of the molecule is CC[C@@H](OC)[C@H](NC(=O)OC)C(=O)N1C[C@@H](COC)C[C@H]1c1nc2ccc3cc4c(cc3c2[nH]1)OCc1cc(-c2cnc([C@@H]3C[C@H](C)CN3C(=O)[C@@H](NC(=O)OC)[C@@H](C)OC)[nH]2)ccc1-4. The number of methoxy groups -OCH3 is 5. The van der Waals surface area contributed by atoms with Crippen LogP contribution in [0.3, 0.4) is 0 Å². The van der Waals surface area contributed by atoms with Gasteiger partial charge < -0.3 is 58.8 Å². The molecule has 0 radical (unpaired) electrons. The van der Waals surface area contributed by atoms with Crippen molar-refractivity contribution in [3.63, 3.8) is 0 Å². The number of carbonyl (C=O) groups excluding carboxylic acids is 4. The molecule has 4 amide bonds. The quantitative estimate of drug-likeness (QED) is 0.101. The molecular formula is C47H58N8O10. The van der Waals surface area contributed by atoms with Crippen LogP contribution in [-0.4, -0.2) is 133 Å². The number of rotatable bonds is 14. The van der Waals surface area contributed by atoms with Crippen molar-refractivity contribution in [1.82, 2.24) is 40.4 Å². The monoisotopic (exact) mass is 894 g/mol. The zero-order valence-corrected chi connectivity index (χ0v) is 38.1. The van der Waals surface area contributed by atoms with Crippen LogP contribution in [0.4, 0.5) is 9.59 Å². The third-order valence-electron chi connectivity index (χ3n) is 13.1. The van der Waals surface area contributed by atoms with Crippen molar-refractivity contribution in [2.45, 2.75) is 83.0 Å². The number of aromatic nitrogens is 4. The minimum absolute atomic E-state index is 0.0512. The maximum atomic E-state index is 14.3. The van der Waals surface area contributed by atoms with Crippen molar-refractivity contribution in [3.8, 4) is 28.1 Å². The lowest BCUT2D eigenvalue weighted by atomic mass is 9.92. The van der Waals surface area contributed by atoms with Crippen molar-refractivity contribution in [2.75, 3.05) is 55.2 Å². The number of imidazole rings is 2. The maximum absolute atomic E-state index is 14.3. The van der Waals surface area contributed by atoms with E-state index in [9.17, 15) is 19.2 Å². The molecule has 65 heavy (non-hydrogen) atoms. The normalized spacial score (nSPS) is 21.0. The minimum atomic E-state index is -0.960. The first-order chi connectivity index (χ1) is 31.4. The molecule has 3 aliphatic rings. The molecular weight excluding hydrogens is 837 g/mol. The zero-order chi connectivity index (χ0) is 46.1. The zero-order valence-electron chi connectivity index (χ0n) is 38.1. The van der Waals surface area contributed by atoms with E-state index in [2.05, 4.69) is 51.8 Å². The Kier molecular flexibility index (Phi) is 13.3. The molecule has 8 rings (SSSR count). The molecule has 0 spiro atoms. The van der Waals surface area contributed by atoms with E-state index in [1.807, 2.05) is 25.1 Å². The smallest absolute Gasteiger partial charge is 0.407 e. The summed E-state index contributed by atoms with van der Waals surface area (Å²) in [5.74, 6) is 1.77. The molecule has 18 heteroatoms.